The van der Waals surface area contributed by atoms with E-state index in [1.807, 2.05) is 30.4 Å². The number of nitrogens with zero attached hydrogens (tertiary/aromatic N) is 1. The van der Waals surface area contributed by atoms with Crippen LogP contribution in [0.1, 0.15) is 12.8 Å². The normalized spacial score (nSPS) is 14.0. The van der Waals surface area contributed by atoms with E-state index in [1.165, 1.54) is 6.07 Å². The highest BCUT2D eigenvalue weighted by Crippen LogP contribution is 2.33. The second kappa shape index (κ2) is 7.00. The van der Waals surface area contributed by atoms with Crippen molar-refractivity contribution in [2.24, 2.45) is 5.73 Å². The fraction of sp³-hybridized carbons (Fsp3) is 0.158. The Morgan fingerprint density at radius 3 is 2.62 bits per heavy atom. The molecule has 0 spiro atoms. The van der Waals surface area contributed by atoms with Crippen LogP contribution >= 0.6 is 0 Å². The van der Waals surface area contributed by atoms with Crippen LogP contribution in [0.4, 0.5) is 5.69 Å². The van der Waals surface area contributed by atoms with E-state index in [1.54, 1.807) is 18.2 Å². The zero-order valence-electron chi connectivity index (χ0n) is 13.1. The zero-order chi connectivity index (χ0) is 16.9. The minimum absolute atomic E-state index is 0.0849. The highest BCUT2D eigenvalue weighted by Gasteiger charge is 2.14. The third-order valence-electron chi connectivity index (χ3n) is 3.95. The molecule has 1 aliphatic carbocycles. The molecule has 0 bridgehead atoms. The van der Waals surface area contributed by atoms with Crippen LogP contribution in [0.2, 0.25) is 0 Å². The predicted octanol–water partition coefficient (Wildman–Crippen LogP) is 4.25. The molecule has 0 unspecified atom stereocenters. The Labute approximate surface area is 139 Å². The summed E-state index contributed by atoms with van der Waals surface area (Å²) in [5.41, 5.74) is 7.89. The molecule has 0 aromatic heterocycles. The van der Waals surface area contributed by atoms with Gasteiger partial charge in [0.2, 0.25) is 0 Å². The number of ether oxygens (including phenoxy) is 1. The van der Waals surface area contributed by atoms with Gasteiger partial charge in [0.15, 0.2) is 0 Å². The van der Waals surface area contributed by atoms with Crippen LogP contribution in [-0.2, 0) is 0 Å². The lowest BCUT2D eigenvalue weighted by atomic mass is 10.1. The van der Waals surface area contributed by atoms with Crippen molar-refractivity contribution in [3.8, 4) is 5.75 Å². The van der Waals surface area contributed by atoms with Crippen molar-refractivity contribution in [2.75, 3.05) is 6.61 Å². The Balaban J connectivity index is 1.80. The first-order valence-electron chi connectivity index (χ1n) is 7.77. The highest BCUT2D eigenvalue weighted by molar-refractivity contribution is 5.95. The van der Waals surface area contributed by atoms with Crippen molar-refractivity contribution in [3.63, 3.8) is 0 Å². The van der Waals surface area contributed by atoms with Gasteiger partial charge in [-0.15, -0.1) is 0 Å². The highest BCUT2D eigenvalue weighted by atomic mass is 16.6. The van der Waals surface area contributed by atoms with Crippen molar-refractivity contribution in [3.05, 3.63) is 82.1 Å². The molecular weight excluding hydrogens is 304 g/mol. The van der Waals surface area contributed by atoms with Gasteiger partial charge in [0.1, 0.15) is 5.75 Å². The summed E-state index contributed by atoms with van der Waals surface area (Å²) >= 11 is 0. The molecule has 0 saturated carbocycles. The molecular formula is C19H18N2O3. The van der Waals surface area contributed by atoms with Gasteiger partial charge in [-0.1, -0.05) is 36.4 Å². The molecule has 2 aromatic rings. The first-order valence-corrected chi connectivity index (χ1v) is 7.77. The molecule has 2 N–H and O–H groups in total. The molecule has 5 heteroatoms. The molecule has 122 valence electrons. The quantitative estimate of drug-likeness (QED) is 0.659. The van der Waals surface area contributed by atoms with Crippen LogP contribution in [0.5, 0.6) is 5.75 Å². The van der Waals surface area contributed by atoms with E-state index in [0.717, 1.165) is 23.1 Å². The largest absolute Gasteiger partial charge is 0.493 e. The van der Waals surface area contributed by atoms with Gasteiger partial charge in [-0.3, -0.25) is 10.1 Å². The molecule has 0 saturated heterocycles. The summed E-state index contributed by atoms with van der Waals surface area (Å²) in [4.78, 5) is 10.8. The van der Waals surface area contributed by atoms with E-state index in [4.69, 9.17) is 10.5 Å². The number of nitrogens with two attached hydrogens (primary N) is 1. The Morgan fingerprint density at radius 1 is 1.08 bits per heavy atom. The number of nitro groups is 1. The molecule has 0 heterocycles. The smallest absolute Gasteiger partial charge is 0.277 e. The van der Waals surface area contributed by atoms with Crippen molar-refractivity contribution in [1.82, 2.24) is 0 Å². The van der Waals surface area contributed by atoms with Crippen LogP contribution in [0, 0.1) is 10.1 Å². The molecule has 2 aromatic carbocycles. The van der Waals surface area contributed by atoms with E-state index in [-0.39, 0.29) is 10.6 Å². The lowest BCUT2D eigenvalue weighted by Gasteiger charge is -2.11. The lowest BCUT2D eigenvalue weighted by molar-refractivity contribution is -0.383. The van der Waals surface area contributed by atoms with Gasteiger partial charge in [0.25, 0.3) is 5.69 Å². The fourth-order valence-corrected chi connectivity index (χ4v) is 2.73. The van der Waals surface area contributed by atoms with Crippen LogP contribution in [0.3, 0.4) is 0 Å². The molecule has 0 amide bonds. The average molecular weight is 322 g/mol. The summed E-state index contributed by atoms with van der Waals surface area (Å²) in [6, 6.07) is 10.3. The maximum absolute atomic E-state index is 11.1. The van der Waals surface area contributed by atoms with E-state index in [2.05, 4.69) is 6.08 Å². The second-order valence-electron chi connectivity index (χ2n) is 5.51. The second-order valence-corrected chi connectivity index (χ2v) is 5.51. The molecule has 0 radical (unpaired) electrons. The molecule has 24 heavy (non-hydrogen) atoms. The number of fused-ring (bicyclic) bond motifs is 1. The van der Waals surface area contributed by atoms with Gasteiger partial charge in [-0.25, -0.2) is 0 Å². The fourth-order valence-electron chi connectivity index (χ4n) is 2.73. The van der Waals surface area contributed by atoms with Crippen LogP contribution in [0.15, 0.2) is 72.0 Å². The predicted molar refractivity (Wildman–Crippen MR) is 94.8 cm³/mol. The molecule has 3 rings (SSSR count). The molecule has 5 nitrogen and oxygen atoms in total. The molecule has 0 atom stereocenters. The van der Waals surface area contributed by atoms with Gasteiger partial charge in [0, 0.05) is 23.6 Å². The Hall–Kier alpha value is -3.08. The summed E-state index contributed by atoms with van der Waals surface area (Å²) in [7, 11) is 0. The van der Waals surface area contributed by atoms with Crippen LogP contribution in [0.25, 0.3) is 10.8 Å². The van der Waals surface area contributed by atoms with E-state index in [9.17, 15) is 10.1 Å². The minimum Gasteiger partial charge on any atom is -0.493 e. The van der Waals surface area contributed by atoms with Crippen molar-refractivity contribution in [2.45, 2.75) is 12.8 Å². The standard InChI is InChI=1S/C19H18N2O3/c20-17-9-3-1-2-6-14(17)12-13-24-19-11-10-18(21(22)23)15-7-4-5-8-16(15)19/h2-11H,1,12-13,20H2. The molecule has 1 aliphatic rings. The average Bonchev–Trinajstić information content (AvgIpc) is 2.79. The molecule has 0 aliphatic heterocycles. The van der Waals surface area contributed by atoms with Crippen molar-refractivity contribution >= 4 is 16.5 Å². The number of allylic oxidation sites excluding steroid dienone is 4. The summed E-state index contributed by atoms with van der Waals surface area (Å²) in [5, 5.41) is 12.5. The van der Waals surface area contributed by atoms with Gasteiger partial charge < -0.3 is 10.5 Å². The topological polar surface area (TPSA) is 78.4 Å². The molecule has 0 fully saturated rings. The summed E-state index contributed by atoms with van der Waals surface area (Å²) in [6.07, 6.45) is 9.57. The number of benzene rings is 2. The number of non-ortho nitro benzene ring substituents is 1. The van der Waals surface area contributed by atoms with Gasteiger partial charge >= 0.3 is 0 Å². The van der Waals surface area contributed by atoms with E-state index in [0.29, 0.717) is 24.2 Å². The van der Waals surface area contributed by atoms with Gasteiger partial charge in [-0.2, -0.15) is 0 Å². The van der Waals surface area contributed by atoms with Crippen molar-refractivity contribution < 1.29 is 9.66 Å². The van der Waals surface area contributed by atoms with Gasteiger partial charge in [-0.05, 0) is 30.2 Å². The summed E-state index contributed by atoms with van der Waals surface area (Å²) in [6.45, 7) is 0.454. The monoisotopic (exact) mass is 322 g/mol. The summed E-state index contributed by atoms with van der Waals surface area (Å²) in [5.74, 6) is 0.642. The third kappa shape index (κ3) is 3.30. The summed E-state index contributed by atoms with van der Waals surface area (Å²) < 4.78 is 5.88. The number of nitro benzene ring substituents is 1. The Kier molecular flexibility index (Phi) is 4.61. The Morgan fingerprint density at radius 2 is 1.83 bits per heavy atom. The first kappa shape index (κ1) is 15.8. The zero-order valence-corrected chi connectivity index (χ0v) is 13.1. The maximum atomic E-state index is 11.1. The van der Waals surface area contributed by atoms with E-state index >= 15 is 0 Å². The number of rotatable bonds is 5. The number of hydrogen-bond donors (Lipinski definition) is 1. The Bertz CT molecular complexity index is 866. The van der Waals surface area contributed by atoms with Crippen LogP contribution in [-0.4, -0.2) is 11.5 Å². The lowest BCUT2D eigenvalue weighted by Crippen LogP contribution is -2.04. The van der Waals surface area contributed by atoms with E-state index < -0.39 is 0 Å². The minimum atomic E-state index is -0.375. The first-order chi connectivity index (χ1) is 11.7. The van der Waals surface area contributed by atoms with Crippen molar-refractivity contribution in [1.29, 1.82) is 0 Å². The maximum Gasteiger partial charge on any atom is 0.277 e. The van der Waals surface area contributed by atoms with Crippen LogP contribution < -0.4 is 10.5 Å². The van der Waals surface area contributed by atoms with Gasteiger partial charge in [0.05, 0.1) is 16.9 Å². The SMILES string of the molecule is NC1=C(CCOc2ccc([N+](=O)[O-])c3ccccc23)C=CCC=C1. The number of hydrogen-bond acceptors (Lipinski definition) is 4. The third-order valence-corrected chi connectivity index (χ3v) is 3.95.